The second-order valence-electron chi connectivity index (χ2n) is 15.8. The van der Waals surface area contributed by atoms with E-state index in [0.717, 1.165) is 47.6 Å². The summed E-state index contributed by atoms with van der Waals surface area (Å²) in [6.45, 7) is 17.8. The quantitative estimate of drug-likeness (QED) is 0.147. The Morgan fingerprint density at radius 1 is 0.694 bits per heavy atom. The largest absolute Gasteiger partial charge is 0.444 e. The average molecular weight is 936 g/mol. The number of rotatable bonds is 4. The number of amides is 2. The van der Waals surface area contributed by atoms with E-state index in [0.29, 0.717) is 38.6 Å². The lowest BCUT2D eigenvalue weighted by molar-refractivity contribution is 0.0189. The zero-order valence-corrected chi connectivity index (χ0v) is 39.2. The third-order valence-corrected chi connectivity index (χ3v) is 9.23. The highest BCUT2D eigenvalue weighted by molar-refractivity contribution is 9.10. The first-order valence-corrected chi connectivity index (χ1v) is 21.9. The molecule has 0 bridgehead atoms. The highest BCUT2D eigenvalue weighted by Gasteiger charge is 2.27. The molecule has 2 aliphatic heterocycles. The molecule has 5 N–H and O–H groups in total. The molecular formula is C46H64BrClN10O4. The van der Waals surface area contributed by atoms with Gasteiger partial charge in [0.2, 0.25) is 0 Å². The summed E-state index contributed by atoms with van der Waals surface area (Å²) < 4.78 is 18.4. The minimum Gasteiger partial charge on any atom is -0.444 e. The van der Waals surface area contributed by atoms with Crippen LogP contribution < -0.4 is 11.5 Å². The van der Waals surface area contributed by atoms with Gasteiger partial charge in [0.15, 0.2) is 0 Å². The van der Waals surface area contributed by atoms with Gasteiger partial charge < -0.3 is 49.4 Å². The molecule has 8 heterocycles. The molecule has 0 saturated carbocycles. The second kappa shape index (κ2) is 26.9. The predicted molar refractivity (Wildman–Crippen MR) is 251 cm³/mol. The lowest BCUT2D eigenvalue weighted by atomic mass is 10.2. The number of hydrogen-bond donors (Lipinski definition) is 3. The molecule has 14 nitrogen and oxygen atoms in total. The maximum absolute atomic E-state index is 12.2. The number of fused-ring (bicyclic) bond motifs is 2. The number of H-pyrrole nitrogens is 1. The second-order valence-corrected chi connectivity index (χ2v) is 17.1. The maximum atomic E-state index is 12.2. The van der Waals surface area contributed by atoms with E-state index in [1.54, 1.807) is 34.6 Å². The number of nitrogens with one attached hydrogen (secondary N) is 1. The molecule has 0 saturated heterocycles. The summed E-state index contributed by atoms with van der Waals surface area (Å²) in [5.41, 5.74) is 13.9. The van der Waals surface area contributed by atoms with Crippen LogP contribution in [0.25, 0.3) is 11.3 Å². The molecule has 6 aromatic rings. The number of nitrogens with two attached hydrogens (primary N) is 2. The molecule has 16 heteroatoms. The molecule has 336 valence electrons. The van der Waals surface area contributed by atoms with Gasteiger partial charge in [-0.2, -0.15) is 0 Å². The van der Waals surface area contributed by atoms with E-state index in [2.05, 4.69) is 56.7 Å². The van der Waals surface area contributed by atoms with Crippen LogP contribution in [0.15, 0.2) is 133 Å². The summed E-state index contributed by atoms with van der Waals surface area (Å²) in [4.78, 5) is 38.3. The van der Waals surface area contributed by atoms with E-state index in [4.69, 9.17) is 32.5 Å². The van der Waals surface area contributed by atoms with Gasteiger partial charge in [-0.05, 0) is 114 Å². The summed E-state index contributed by atoms with van der Waals surface area (Å²) in [6, 6.07) is 23.9. The summed E-state index contributed by atoms with van der Waals surface area (Å²) in [5, 5.41) is 0. The van der Waals surface area contributed by atoms with E-state index in [9.17, 15) is 9.59 Å². The summed E-state index contributed by atoms with van der Waals surface area (Å²) in [6.07, 6.45) is 16.4. The van der Waals surface area contributed by atoms with E-state index in [1.165, 1.54) is 5.69 Å². The first-order chi connectivity index (χ1) is 29.6. The van der Waals surface area contributed by atoms with Crippen LogP contribution in [0.2, 0.25) is 0 Å². The number of carbonyl (C=O) groups is 2. The Labute approximate surface area is 380 Å². The number of aromatic amines is 1. The van der Waals surface area contributed by atoms with Gasteiger partial charge in [-0.1, -0.05) is 15.9 Å². The Morgan fingerprint density at radius 2 is 1.23 bits per heavy atom. The number of hydrogen-bond acceptors (Lipinski definition) is 8. The molecule has 0 unspecified atom stereocenters. The van der Waals surface area contributed by atoms with E-state index < -0.39 is 11.2 Å². The third kappa shape index (κ3) is 19.6. The molecule has 0 aromatic carbocycles. The van der Waals surface area contributed by atoms with Crippen molar-refractivity contribution in [3.63, 3.8) is 0 Å². The van der Waals surface area contributed by atoms with Crippen LogP contribution in [-0.2, 0) is 42.2 Å². The number of pyridine rings is 2. The first kappa shape index (κ1) is 51.0. The Kier molecular flexibility index (Phi) is 22.1. The monoisotopic (exact) mass is 934 g/mol. The fraction of sp³-hybridized carbons (Fsp3) is 0.391. The highest BCUT2D eigenvalue weighted by atomic mass is 79.9. The third-order valence-electron chi connectivity index (χ3n) is 8.48. The van der Waals surface area contributed by atoms with Gasteiger partial charge in [-0.25, -0.2) is 9.59 Å². The normalized spacial score (nSPS) is 12.6. The Balaban J connectivity index is 0.000000222. The summed E-state index contributed by atoms with van der Waals surface area (Å²) in [7, 11) is 0. The lowest BCUT2D eigenvalue weighted by Crippen LogP contribution is -2.41. The smallest absolute Gasteiger partial charge is 0.410 e. The van der Waals surface area contributed by atoms with Gasteiger partial charge in [-0.15, -0.1) is 11.6 Å². The van der Waals surface area contributed by atoms with Gasteiger partial charge in [0.25, 0.3) is 0 Å². The average Bonchev–Trinajstić information content (AvgIpc) is 4.10. The van der Waals surface area contributed by atoms with Crippen LogP contribution in [-0.4, -0.2) is 93.9 Å². The topological polar surface area (TPSA) is 167 Å². The van der Waals surface area contributed by atoms with Crippen molar-refractivity contribution in [3.8, 4) is 11.3 Å². The van der Waals surface area contributed by atoms with E-state index in [-0.39, 0.29) is 12.2 Å². The molecule has 62 heavy (non-hydrogen) atoms. The predicted octanol–water partition coefficient (Wildman–Crippen LogP) is 9.03. The molecule has 0 aliphatic carbocycles. The van der Waals surface area contributed by atoms with Crippen LogP contribution in [0.4, 0.5) is 9.59 Å². The molecule has 2 amide bonds. The molecule has 6 aromatic heterocycles. The Hall–Kier alpha value is -5.35. The zero-order chi connectivity index (χ0) is 45.4. The summed E-state index contributed by atoms with van der Waals surface area (Å²) >= 11 is 8.33. The molecule has 0 radical (unpaired) electrons. The van der Waals surface area contributed by atoms with Crippen molar-refractivity contribution in [3.05, 3.63) is 144 Å². The number of nitrogens with zero attached hydrogens (tertiary/aromatic N) is 7. The zero-order valence-electron chi connectivity index (χ0n) is 36.9. The lowest BCUT2D eigenvalue weighted by Gasteiger charge is -2.31. The number of alkyl halides is 1. The number of carbonyl (C=O) groups excluding carboxylic acids is 2. The van der Waals surface area contributed by atoms with Crippen molar-refractivity contribution in [2.24, 2.45) is 11.5 Å². The number of ether oxygens (including phenoxy) is 2. The van der Waals surface area contributed by atoms with Crippen LogP contribution in [0.1, 0.15) is 52.9 Å². The van der Waals surface area contributed by atoms with E-state index >= 15 is 0 Å². The van der Waals surface area contributed by atoms with Crippen LogP contribution in [0.3, 0.4) is 0 Å². The molecule has 8 rings (SSSR count). The van der Waals surface area contributed by atoms with Gasteiger partial charge >= 0.3 is 12.2 Å². The standard InChI is InChI=1S/C17H21N3O2.C12H18N2O2.C6H10N2.C5H4BrN.C4H5N.C2H6ClN/c1-17(2,3)22-16(21)19-10-11-20-14(12-19)4-5-15(20)13-6-8-18-9-7-13;1-12(2,3)16-11(15)14-8-7-13-6-4-5-10(13)9-14;7-3-6-8-4-1-2-5-8;6-5-1-3-7-4-2-5;1-2-4-5-3-1;3-1-2-4/h4-9H,10-12H2,1-3H3;4-6H,7-9H2,1-3H3;1-2,4-5H,3,6-7H2;1-4H;1-5H;1-2,4H2. The van der Waals surface area contributed by atoms with Crippen molar-refractivity contribution < 1.29 is 19.1 Å². The van der Waals surface area contributed by atoms with Gasteiger partial charge in [0.05, 0.1) is 13.1 Å². The molecule has 2 aliphatic rings. The first-order valence-electron chi connectivity index (χ1n) is 20.5. The fourth-order valence-corrected chi connectivity index (χ4v) is 5.98. The molecule has 0 spiro atoms. The summed E-state index contributed by atoms with van der Waals surface area (Å²) in [5.74, 6) is 0.569. The molecular weight excluding hydrogens is 872 g/mol. The minimum absolute atomic E-state index is 0.222. The SMILES string of the molecule is Brc1ccncc1.CC(C)(C)OC(=O)N1CCn2c(ccc2-c2ccncc2)C1.CC(C)(C)OC(=O)N1CCn2cccc2C1.NCCCl.NCCn1cccc1.c1cc[nH]c1. The minimum atomic E-state index is -0.460. The van der Waals surface area contributed by atoms with Crippen LogP contribution in [0, 0.1) is 0 Å². The molecule has 0 fully saturated rings. The van der Waals surface area contributed by atoms with Gasteiger partial charge in [0, 0.05) is 135 Å². The van der Waals surface area contributed by atoms with Crippen molar-refractivity contribution >= 4 is 39.7 Å². The fourth-order valence-electron chi connectivity index (χ4n) is 5.74. The van der Waals surface area contributed by atoms with Crippen molar-refractivity contribution in [1.82, 2.24) is 38.5 Å². The van der Waals surface area contributed by atoms with Crippen LogP contribution in [0.5, 0.6) is 0 Å². The highest BCUT2D eigenvalue weighted by Crippen LogP contribution is 2.26. The van der Waals surface area contributed by atoms with Crippen LogP contribution >= 0.6 is 27.5 Å². The van der Waals surface area contributed by atoms with Gasteiger partial charge in [-0.3, -0.25) is 9.97 Å². The van der Waals surface area contributed by atoms with Crippen molar-refractivity contribution in [1.29, 1.82) is 0 Å². The Bertz CT molecular complexity index is 2060. The number of aromatic nitrogens is 6. The maximum Gasteiger partial charge on any atom is 0.410 e. The van der Waals surface area contributed by atoms with Crippen molar-refractivity contribution in [2.45, 2.75) is 85.5 Å². The number of halogens is 2. The Morgan fingerprint density at radius 3 is 1.69 bits per heavy atom. The van der Waals surface area contributed by atoms with Crippen molar-refractivity contribution in [2.75, 3.05) is 32.1 Å². The van der Waals surface area contributed by atoms with Gasteiger partial charge in [0.1, 0.15) is 11.2 Å². The molecule has 0 atom stereocenters. The van der Waals surface area contributed by atoms with E-state index in [1.807, 2.05) is 133 Å².